The van der Waals surface area contributed by atoms with Crippen molar-refractivity contribution in [2.75, 3.05) is 5.73 Å². The van der Waals surface area contributed by atoms with Crippen molar-refractivity contribution in [3.63, 3.8) is 0 Å². The molecular formula is C18H11F3N2O. The van der Waals surface area contributed by atoms with Gasteiger partial charge in [0.1, 0.15) is 17.5 Å². The summed E-state index contributed by atoms with van der Waals surface area (Å²) in [6, 6.07) is 9.75. The van der Waals surface area contributed by atoms with Crippen LogP contribution in [0.15, 0.2) is 54.7 Å². The van der Waals surface area contributed by atoms with Gasteiger partial charge in [0.15, 0.2) is 5.78 Å². The zero-order chi connectivity index (χ0) is 17.3. The van der Waals surface area contributed by atoms with Crippen LogP contribution < -0.4 is 5.73 Å². The predicted octanol–water partition coefficient (Wildman–Crippen LogP) is 3.98. The van der Waals surface area contributed by atoms with Gasteiger partial charge < -0.3 is 5.73 Å². The van der Waals surface area contributed by atoms with Gasteiger partial charge in [-0.25, -0.2) is 13.2 Å². The second-order valence-corrected chi connectivity index (χ2v) is 5.06. The van der Waals surface area contributed by atoms with Gasteiger partial charge >= 0.3 is 0 Å². The first-order valence-electron chi connectivity index (χ1n) is 6.98. The van der Waals surface area contributed by atoms with E-state index in [1.54, 1.807) is 0 Å². The normalized spacial score (nSPS) is 10.6. The molecule has 0 fully saturated rings. The molecular weight excluding hydrogens is 317 g/mol. The Morgan fingerprint density at radius 2 is 1.62 bits per heavy atom. The molecule has 0 spiro atoms. The standard InChI is InChI=1S/C18H11F3N2O/c19-11-4-1-3-10(9-11)18(24)12-7-8-23-17(16(12)22)15-13(20)5-2-6-14(15)21/h1-9H,22H2. The van der Waals surface area contributed by atoms with E-state index in [4.69, 9.17) is 5.73 Å². The van der Waals surface area contributed by atoms with E-state index >= 15 is 0 Å². The Labute approximate surface area is 135 Å². The topological polar surface area (TPSA) is 56.0 Å². The van der Waals surface area contributed by atoms with Crippen LogP contribution in [0.1, 0.15) is 15.9 Å². The van der Waals surface area contributed by atoms with E-state index in [1.807, 2.05) is 0 Å². The Bertz CT molecular complexity index is 921. The summed E-state index contributed by atoms with van der Waals surface area (Å²) in [7, 11) is 0. The smallest absolute Gasteiger partial charge is 0.195 e. The summed E-state index contributed by atoms with van der Waals surface area (Å²) in [5.41, 5.74) is 5.23. The molecule has 3 aromatic rings. The number of nitrogens with zero attached hydrogens (tertiary/aromatic N) is 1. The number of hydrogen-bond acceptors (Lipinski definition) is 3. The molecule has 2 N–H and O–H groups in total. The van der Waals surface area contributed by atoms with Crippen LogP contribution in [0.2, 0.25) is 0 Å². The third-order valence-electron chi connectivity index (χ3n) is 3.52. The molecule has 0 aliphatic heterocycles. The van der Waals surface area contributed by atoms with Crippen LogP contribution in [0.25, 0.3) is 11.3 Å². The van der Waals surface area contributed by atoms with Crippen molar-refractivity contribution in [1.29, 1.82) is 0 Å². The lowest BCUT2D eigenvalue weighted by atomic mass is 9.99. The molecule has 0 saturated heterocycles. The molecule has 0 amide bonds. The molecule has 3 rings (SSSR count). The van der Waals surface area contributed by atoms with Gasteiger partial charge in [-0.1, -0.05) is 18.2 Å². The first kappa shape index (κ1) is 15.7. The highest BCUT2D eigenvalue weighted by Crippen LogP contribution is 2.31. The minimum absolute atomic E-state index is 0.00625. The highest BCUT2D eigenvalue weighted by Gasteiger charge is 2.20. The average molecular weight is 328 g/mol. The third-order valence-corrected chi connectivity index (χ3v) is 3.52. The van der Waals surface area contributed by atoms with Crippen molar-refractivity contribution in [2.24, 2.45) is 0 Å². The summed E-state index contributed by atoms with van der Waals surface area (Å²) in [5.74, 6) is -2.82. The number of halogens is 3. The van der Waals surface area contributed by atoms with Crippen LogP contribution in [0.3, 0.4) is 0 Å². The lowest BCUT2D eigenvalue weighted by Gasteiger charge is -2.11. The van der Waals surface area contributed by atoms with E-state index in [0.717, 1.165) is 18.2 Å². The number of anilines is 1. The number of carbonyl (C=O) groups is 1. The van der Waals surface area contributed by atoms with E-state index in [2.05, 4.69) is 4.98 Å². The number of aromatic nitrogens is 1. The second-order valence-electron chi connectivity index (χ2n) is 5.06. The number of carbonyl (C=O) groups excluding carboxylic acids is 1. The van der Waals surface area contributed by atoms with Crippen LogP contribution in [0.5, 0.6) is 0 Å². The monoisotopic (exact) mass is 328 g/mol. The minimum Gasteiger partial charge on any atom is -0.396 e. The number of rotatable bonds is 3. The minimum atomic E-state index is -0.843. The van der Waals surface area contributed by atoms with Crippen molar-refractivity contribution in [3.8, 4) is 11.3 Å². The van der Waals surface area contributed by atoms with Gasteiger partial charge in [-0.3, -0.25) is 9.78 Å². The number of ketones is 1. The first-order valence-corrected chi connectivity index (χ1v) is 6.98. The van der Waals surface area contributed by atoms with Crippen LogP contribution in [-0.4, -0.2) is 10.8 Å². The Kier molecular flexibility index (Phi) is 4.04. The summed E-state index contributed by atoms with van der Waals surface area (Å²) in [6.07, 6.45) is 1.23. The average Bonchev–Trinajstić information content (AvgIpc) is 2.55. The quantitative estimate of drug-likeness (QED) is 0.740. The molecule has 6 heteroatoms. The first-order chi connectivity index (χ1) is 11.5. The van der Waals surface area contributed by atoms with Gasteiger partial charge in [-0.15, -0.1) is 0 Å². The molecule has 0 aliphatic rings. The summed E-state index contributed by atoms with van der Waals surface area (Å²) in [5, 5.41) is 0. The predicted molar refractivity (Wildman–Crippen MR) is 83.8 cm³/mol. The number of pyridine rings is 1. The molecule has 3 nitrogen and oxygen atoms in total. The molecule has 0 unspecified atom stereocenters. The Hall–Kier alpha value is -3.15. The summed E-state index contributed by atoms with van der Waals surface area (Å²) in [4.78, 5) is 16.4. The fourth-order valence-corrected chi connectivity index (χ4v) is 2.38. The Balaban J connectivity index is 2.14. The van der Waals surface area contributed by atoms with E-state index in [0.29, 0.717) is 0 Å². The fraction of sp³-hybridized carbons (Fsp3) is 0. The summed E-state index contributed by atoms with van der Waals surface area (Å²) in [6.45, 7) is 0. The van der Waals surface area contributed by atoms with Gasteiger partial charge in [-0.05, 0) is 30.3 Å². The van der Waals surface area contributed by atoms with Crippen LogP contribution >= 0.6 is 0 Å². The van der Waals surface area contributed by atoms with Crippen molar-refractivity contribution in [1.82, 2.24) is 4.98 Å². The van der Waals surface area contributed by atoms with Crippen LogP contribution in [0, 0.1) is 17.5 Å². The molecule has 0 atom stereocenters. The lowest BCUT2D eigenvalue weighted by Crippen LogP contribution is -2.08. The van der Waals surface area contributed by atoms with Gasteiger partial charge in [0.05, 0.1) is 16.9 Å². The second kappa shape index (κ2) is 6.16. The maximum Gasteiger partial charge on any atom is 0.195 e. The zero-order valence-corrected chi connectivity index (χ0v) is 12.3. The van der Waals surface area contributed by atoms with Gasteiger partial charge in [0, 0.05) is 17.3 Å². The third kappa shape index (κ3) is 2.74. The van der Waals surface area contributed by atoms with E-state index in [-0.39, 0.29) is 22.5 Å². The molecule has 0 saturated carbocycles. The van der Waals surface area contributed by atoms with Crippen molar-refractivity contribution >= 4 is 11.5 Å². The maximum absolute atomic E-state index is 14.0. The number of nitrogens with two attached hydrogens (primary N) is 1. The number of hydrogen-bond donors (Lipinski definition) is 1. The van der Waals surface area contributed by atoms with Gasteiger partial charge in [0.2, 0.25) is 0 Å². The van der Waals surface area contributed by atoms with Gasteiger partial charge in [0.25, 0.3) is 0 Å². The largest absolute Gasteiger partial charge is 0.396 e. The van der Waals surface area contributed by atoms with E-state index < -0.39 is 28.8 Å². The van der Waals surface area contributed by atoms with Crippen molar-refractivity contribution in [2.45, 2.75) is 0 Å². The van der Waals surface area contributed by atoms with Crippen LogP contribution in [-0.2, 0) is 0 Å². The maximum atomic E-state index is 14.0. The highest BCUT2D eigenvalue weighted by molar-refractivity contribution is 6.13. The molecule has 0 aliphatic carbocycles. The zero-order valence-electron chi connectivity index (χ0n) is 12.3. The summed E-state index contributed by atoms with van der Waals surface area (Å²) < 4.78 is 41.2. The van der Waals surface area contributed by atoms with Crippen molar-refractivity contribution in [3.05, 3.63) is 83.3 Å². The number of benzene rings is 2. The van der Waals surface area contributed by atoms with Gasteiger partial charge in [-0.2, -0.15) is 0 Å². The molecule has 0 bridgehead atoms. The molecule has 24 heavy (non-hydrogen) atoms. The molecule has 1 aromatic heterocycles. The molecule has 1 heterocycles. The SMILES string of the molecule is Nc1c(C(=O)c2cccc(F)c2)ccnc1-c1c(F)cccc1F. The Morgan fingerprint density at radius 3 is 2.29 bits per heavy atom. The lowest BCUT2D eigenvalue weighted by molar-refractivity contribution is 0.103. The van der Waals surface area contributed by atoms with Crippen molar-refractivity contribution < 1.29 is 18.0 Å². The highest BCUT2D eigenvalue weighted by atomic mass is 19.1. The van der Waals surface area contributed by atoms with Crippen LogP contribution in [0.4, 0.5) is 18.9 Å². The summed E-state index contributed by atoms with van der Waals surface area (Å²) >= 11 is 0. The van der Waals surface area contributed by atoms with E-state index in [1.165, 1.54) is 36.5 Å². The fourth-order valence-electron chi connectivity index (χ4n) is 2.38. The Morgan fingerprint density at radius 1 is 0.958 bits per heavy atom. The molecule has 120 valence electrons. The molecule has 0 radical (unpaired) electrons. The number of nitrogen functional groups attached to an aromatic ring is 1. The molecule has 2 aromatic carbocycles. The van der Waals surface area contributed by atoms with E-state index in [9.17, 15) is 18.0 Å².